The van der Waals surface area contributed by atoms with Gasteiger partial charge in [0.05, 0.1) is 10.2 Å². The van der Waals surface area contributed by atoms with Crippen LogP contribution in [0.1, 0.15) is 0 Å². The number of halogens is 1. The van der Waals surface area contributed by atoms with Gasteiger partial charge in [0.15, 0.2) is 5.13 Å². The van der Waals surface area contributed by atoms with Gasteiger partial charge in [0.1, 0.15) is 0 Å². The van der Waals surface area contributed by atoms with Crippen molar-refractivity contribution in [2.24, 2.45) is 0 Å². The van der Waals surface area contributed by atoms with Gasteiger partial charge in [0, 0.05) is 10.7 Å². The second-order valence-corrected chi connectivity index (χ2v) is 6.29. The van der Waals surface area contributed by atoms with E-state index in [9.17, 15) is 0 Å². The number of anilines is 2. The lowest BCUT2D eigenvalue weighted by molar-refractivity contribution is 1.45. The third-order valence-corrected chi connectivity index (χ3v) is 4.54. The number of hydrogen-bond donors (Lipinski definition) is 1. The molecule has 102 valence electrons. The van der Waals surface area contributed by atoms with Crippen LogP contribution in [-0.2, 0) is 0 Å². The Balaban J connectivity index is 1.71. The Bertz CT molecular complexity index is 946. The standard InChI is InChI=1S/C17H11ClN2S/c18-13-6-8-16-15(10-13)20-17(21-16)19-14-7-5-11-3-1-2-4-12(11)9-14/h1-10H,(H,19,20). The highest BCUT2D eigenvalue weighted by molar-refractivity contribution is 7.22. The van der Waals surface area contributed by atoms with E-state index in [0.29, 0.717) is 5.02 Å². The summed E-state index contributed by atoms with van der Waals surface area (Å²) in [6.45, 7) is 0. The topological polar surface area (TPSA) is 24.9 Å². The monoisotopic (exact) mass is 310 g/mol. The summed E-state index contributed by atoms with van der Waals surface area (Å²) in [6.07, 6.45) is 0. The highest BCUT2D eigenvalue weighted by atomic mass is 35.5. The van der Waals surface area contributed by atoms with Crippen molar-refractivity contribution >= 4 is 54.7 Å². The van der Waals surface area contributed by atoms with E-state index >= 15 is 0 Å². The molecular weight excluding hydrogens is 300 g/mol. The Kier molecular flexibility index (Phi) is 3.02. The van der Waals surface area contributed by atoms with Crippen molar-refractivity contribution < 1.29 is 0 Å². The fourth-order valence-electron chi connectivity index (χ4n) is 2.34. The van der Waals surface area contributed by atoms with Crippen LogP contribution in [0.25, 0.3) is 21.0 Å². The van der Waals surface area contributed by atoms with Crippen molar-refractivity contribution in [2.75, 3.05) is 5.32 Å². The van der Waals surface area contributed by atoms with E-state index in [1.54, 1.807) is 11.3 Å². The fourth-order valence-corrected chi connectivity index (χ4v) is 3.38. The summed E-state index contributed by atoms with van der Waals surface area (Å²) < 4.78 is 1.13. The molecule has 0 aliphatic rings. The summed E-state index contributed by atoms with van der Waals surface area (Å²) >= 11 is 7.62. The van der Waals surface area contributed by atoms with E-state index in [2.05, 4.69) is 40.6 Å². The van der Waals surface area contributed by atoms with E-state index in [0.717, 1.165) is 21.0 Å². The molecule has 0 unspecified atom stereocenters. The zero-order valence-electron chi connectivity index (χ0n) is 11.0. The minimum absolute atomic E-state index is 0.713. The van der Waals surface area contributed by atoms with Gasteiger partial charge in [-0.2, -0.15) is 0 Å². The van der Waals surface area contributed by atoms with Crippen molar-refractivity contribution in [3.63, 3.8) is 0 Å². The summed E-state index contributed by atoms with van der Waals surface area (Å²) in [4.78, 5) is 4.57. The molecule has 1 N–H and O–H groups in total. The number of thiazole rings is 1. The van der Waals surface area contributed by atoms with Crippen LogP contribution < -0.4 is 5.32 Å². The van der Waals surface area contributed by atoms with Crippen LogP contribution >= 0.6 is 22.9 Å². The summed E-state index contributed by atoms with van der Waals surface area (Å²) in [5, 5.41) is 7.41. The molecule has 1 aromatic heterocycles. The lowest BCUT2D eigenvalue weighted by atomic mass is 10.1. The number of fused-ring (bicyclic) bond motifs is 2. The maximum atomic E-state index is 6.00. The second kappa shape index (κ2) is 5.02. The van der Waals surface area contributed by atoms with Gasteiger partial charge < -0.3 is 5.32 Å². The van der Waals surface area contributed by atoms with Crippen LogP contribution in [-0.4, -0.2) is 4.98 Å². The lowest BCUT2D eigenvalue weighted by Gasteiger charge is -2.04. The van der Waals surface area contributed by atoms with E-state index in [4.69, 9.17) is 11.6 Å². The van der Waals surface area contributed by atoms with Crippen molar-refractivity contribution in [2.45, 2.75) is 0 Å². The highest BCUT2D eigenvalue weighted by Gasteiger charge is 2.05. The van der Waals surface area contributed by atoms with E-state index in [1.165, 1.54) is 10.8 Å². The molecule has 0 spiro atoms. The molecule has 21 heavy (non-hydrogen) atoms. The Morgan fingerprint density at radius 2 is 1.76 bits per heavy atom. The van der Waals surface area contributed by atoms with E-state index in [-0.39, 0.29) is 0 Å². The first-order valence-corrected chi connectivity index (χ1v) is 7.79. The molecule has 0 saturated carbocycles. The fraction of sp³-hybridized carbons (Fsp3) is 0. The van der Waals surface area contributed by atoms with Gasteiger partial charge in [-0.1, -0.05) is 53.3 Å². The molecule has 0 atom stereocenters. The third kappa shape index (κ3) is 2.46. The normalized spacial score (nSPS) is 11.1. The SMILES string of the molecule is Clc1ccc2sc(Nc3ccc4ccccc4c3)nc2c1. The Morgan fingerprint density at radius 1 is 0.905 bits per heavy atom. The van der Waals surface area contributed by atoms with Crippen LogP contribution in [0, 0.1) is 0 Å². The summed E-state index contributed by atoms with van der Waals surface area (Å²) in [7, 11) is 0. The molecule has 4 heteroatoms. The minimum Gasteiger partial charge on any atom is -0.332 e. The summed E-state index contributed by atoms with van der Waals surface area (Å²) in [5.41, 5.74) is 1.97. The molecule has 0 aliphatic heterocycles. The number of benzene rings is 3. The molecule has 1 heterocycles. The molecule has 4 aromatic rings. The molecular formula is C17H11ClN2S. The highest BCUT2D eigenvalue weighted by Crippen LogP contribution is 2.30. The Labute approximate surface area is 131 Å². The lowest BCUT2D eigenvalue weighted by Crippen LogP contribution is -1.88. The van der Waals surface area contributed by atoms with Gasteiger partial charge in [-0.15, -0.1) is 0 Å². The predicted molar refractivity (Wildman–Crippen MR) is 91.9 cm³/mol. The predicted octanol–water partition coefficient (Wildman–Crippen LogP) is 5.85. The summed E-state index contributed by atoms with van der Waals surface area (Å²) in [5.74, 6) is 0. The van der Waals surface area contributed by atoms with Crippen molar-refractivity contribution in [1.82, 2.24) is 4.98 Å². The van der Waals surface area contributed by atoms with Crippen LogP contribution in [0.4, 0.5) is 10.8 Å². The van der Waals surface area contributed by atoms with Gasteiger partial charge in [-0.25, -0.2) is 4.98 Å². The van der Waals surface area contributed by atoms with Gasteiger partial charge in [0.25, 0.3) is 0 Å². The van der Waals surface area contributed by atoms with E-state index < -0.39 is 0 Å². The van der Waals surface area contributed by atoms with Crippen LogP contribution in [0.3, 0.4) is 0 Å². The van der Waals surface area contributed by atoms with Gasteiger partial charge >= 0.3 is 0 Å². The molecule has 0 aliphatic carbocycles. The molecule has 0 amide bonds. The van der Waals surface area contributed by atoms with Crippen molar-refractivity contribution in [3.05, 3.63) is 65.7 Å². The molecule has 3 aromatic carbocycles. The molecule has 4 rings (SSSR count). The van der Waals surface area contributed by atoms with Crippen LogP contribution in [0.15, 0.2) is 60.7 Å². The average Bonchev–Trinajstić information content (AvgIpc) is 2.88. The second-order valence-electron chi connectivity index (χ2n) is 4.82. The van der Waals surface area contributed by atoms with Crippen molar-refractivity contribution in [3.8, 4) is 0 Å². The Morgan fingerprint density at radius 3 is 2.67 bits per heavy atom. The van der Waals surface area contributed by atoms with Crippen LogP contribution in [0.2, 0.25) is 5.02 Å². The summed E-state index contributed by atoms with van der Waals surface area (Å²) in [6, 6.07) is 20.4. The van der Waals surface area contributed by atoms with Gasteiger partial charge in [-0.05, 0) is 41.1 Å². The first-order chi connectivity index (χ1) is 10.3. The Hall–Kier alpha value is -2.10. The molecule has 0 bridgehead atoms. The maximum Gasteiger partial charge on any atom is 0.188 e. The number of rotatable bonds is 2. The number of nitrogens with one attached hydrogen (secondary N) is 1. The van der Waals surface area contributed by atoms with Crippen molar-refractivity contribution in [1.29, 1.82) is 0 Å². The number of nitrogens with zero attached hydrogens (tertiary/aromatic N) is 1. The molecule has 0 fully saturated rings. The number of hydrogen-bond acceptors (Lipinski definition) is 3. The first-order valence-electron chi connectivity index (χ1n) is 6.60. The molecule has 2 nitrogen and oxygen atoms in total. The van der Waals surface area contributed by atoms with E-state index in [1.807, 2.05) is 30.3 Å². The largest absolute Gasteiger partial charge is 0.332 e. The molecule has 0 saturated heterocycles. The average molecular weight is 311 g/mol. The maximum absolute atomic E-state index is 6.00. The van der Waals surface area contributed by atoms with Crippen LogP contribution in [0.5, 0.6) is 0 Å². The zero-order valence-corrected chi connectivity index (χ0v) is 12.6. The first kappa shape index (κ1) is 12.6. The zero-order chi connectivity index (χ0) is 14.2. The van der Waals surface area contributed by atoms with Gasteiger partial charge in [-0.3, -0.25) is 0 Å². The number of aromatic nitrogens is 1. The quantitative estimate of drug-likeness (QED) is 0.502. The third-order valence-electron chi connectivity index (χ3n) is 3.35. The van der Waals surface area contributed by atoms with Gasteiger partial charge in [0.2, 0.25) is 0 Å². The minimum atomic E-state index is 0.713. The molecule has 0 radical (unpaired) electrons. The smallest absolute Gasteiger partial charge is 0.188 e.